The zero-order valence-corrected chi connectivity index (χ0v) is 14.6. The van der Waals surface area contributed by atoms with Gasteiger partial charge in [-0.25, -0.2) is 0 Å². The number of rotatable bonds is 6. The van der Waals surface area contributed by atoms with Crippen molar-refractivity contribution in [3.05, 3.63) is 59.2 Å². The number of fused-ring (bicyclic) bond motifs is 1. The van der Waals surface area contributed by atoms with Crippen LogP contribution in [-0.4, -0.2) is 24.5 Å². The fraction of sp³-hybridized carbons (Fsp3) is 0.381. The summed E-state index contributed by atoms with van der Waals surface area (Å²) in [4.78, 5) is 14.4. The van der Waals surface area contributed by atoms with Gasteiger partial charge >= 0.3 is 0 Å². The van der Waals surface area contributed by atoms with Crippen LogP contribution >= 0.6 is 0 Å². The van der Waals surface area contributed by atoms with Crippen LogP contribution in [0.3, 0.4) is 0 Å². The molecule has 1 saturated carbocycles. The highest BCUT2D eigenvalue weighted by molar-refractivity contribution is 5.94. The van der Waals surface area contributed by atoms with E-state index in [9.17, 15) is 4.79 Å². The number of methoxy groups -OCH3 is 1. The third-order valence-corrected chi connectivity index (χ3v) is 5.09. The van der Waals surface area contributed by atoms with Crippen molar-refractivity contribution in [3.63, 3.8) is 0 Å². The molecule has 0 aromatic heterocycles. The van der Waals surface area contributed by atoms with Crippen molar-refractivity contribution in [2.45, 2.75) is 32.4 Å². The largest absolute Gasteiger partial charge is 0.497 e. The first-order valence-electron chi connectivity index (χ1n) is 8.99. The van der Waals surface area contributed by atoms with Gasteiger partial charge in [-0.2, -0.15) is 0 Å². The number of amides is 1. The van der Waals surface area contributed by atoms with E-state index < -0.39 is 0 Å². The molecule has 0 saturated heterocycles. The molecule has 1 fully saturated rings. The number of nitrogens with one attached hydrogen (secondary N) is 1. The molecule has 1 aliphatic heterocycles. The van der Waals surface area contributed by atoms with Gasteiger partial charge in [-0.1, -0.05) is 18.2 Å². The van der Waals surface area contributed by atoms with Crippen molar-refractivity contribution < 1.29 is 9.53 Å². The van der Waals surface area contributed by atoms with Crippen molar-refractivity contribution >= 4 is 11.6 Å². The average molecular weight is 336 g/mol. The Morgan fingerprint density at radius 2 is 1.88 bits per heavy atom. The topological polar surface area (TPSA) is 41.6 Å². The summed E-state index contributed by atoms with van der Waals surface area (Å²) in [5.74, 6) is 1.32. The van der Waals surface area contributed by atoms with E-state index in [1.54, 1.807) is 7.11 Å². The molecule has 1 aliphatic carbocycles. The zero-order chi connectivity index (χ0) is 17.2. The second-order valence-corrected chi connectivity index (χ2v) is 7.06. The number of ether oxygens (including phenoxy) is 1. The Labute approximate surface area is 148 Å². The molecule has 4 heteroatoms. The van der Waals surface area contributed by atoms with Gasteiger partial charge in [0.05, 0.1) is 7.11 Å². The SMILES string of the molecule is COc1ccc(CCN2Cc3ccc(NC(=O)C4CC4)cc3C2)cc1. The number of nitrogens with zero attached hydrogens (tertiary/aromatic N) is 1. The van der Waals surface area contributed by atoms with Crippen molar-refractivity contribution in [1.82, 2.24) is 4.90 Å². The molecule has 25 heavy (non-hydrogen) atoms. The van der Waals surface area contributed by atoms with Crippen LogP contribution in [0.25, 0.3) is 0 Å². The van der Waals surface area contributed by atoms with Gasteiger partial charge in [-0.3, -0.25) is 9.69 Å². The smallest absolute Gasteiger partial charge is 0.227 e. The Morgan fingerprint density at radius 1 is 1.12 bits per heavy atom. The second-order valence-electron chi connectivity index (χ2n) is 7.06. The molecular weight excluding hydrogens is 312 g/mol. The molecule has 4 rings (SSSR count). The summed E-state index contributed by atoms with van der Waals surface area (Å²) >= 11 is 0. The summed E-state index contributed by atoms with van der Waals surface area (Å²) in [7, 11) is 1.69. The molecule has 0 spiro atoms. The van der Waals surface area contributed by atoms with Crippen LogP contribution in [0.4, 0.5) is 5.69 Å². The molecule has 0 atom stereocenters. The predicted molar refractivity (Wildman–Crippen MR) is 98.6 cm³/mol. The number of hydrogen-bond donors (Lipinski definition) is 1. The van der Waals surface area contributed by atoms with Crippen LogP contribution < -0.4 is 10.1 Å². The maximum atomic E-state index is 11.9. The Hall–Kier alpha value is -2.33. The lowest BCUT2D eigenvalue weighted by molar-refractivity contribution is -0.117. The number of benzene rings is 2. The molecule has 0 unspecified atom stereocenters. The average Bonchev–Trinajstić information content (AvgIpc) is 3.41. The van der Waals surface area contributed by atoms with E-state index in [0.717, 1.165) is 50.3 Å². The van der Waals surface area contributed by atoms with Crippen molar-refractivity contribution in [1.29, 1.82) is 0 Å². The Kier molecular flexibility index (Phi) is 4.45. The van der Waals surface area contributed by atoms with Crippen molar-refractivity contribution in [3.8, 4) is 5.75 Å². The monoisotopic (exact) mass is 336 g/mol. The highest BCUT2D eigenvalue weighted by Crippen LogP contribution is 2.31. The van der Waals surface area contributed by atoms with Crippen molar-refractivity contribution in [2.75, 3.05) is 19.0 Å². The summed E-state index contributed by atoms with van der Waals surface area (Å²) in [6.45, 7) is 2.98. The highest BCUT2D eigenvalue weighted by Gasteiger charge is 2.29. The summed E-state index contributed by atoms with van der Waals surface area (Å²) in [5.41, 5.74) is 4.98. The van der Waals surface area contributed by atoms with Gasteiger partial charge in [0.2, 0.25) is 5.91 Å². The molecular formula is C21H24N2O2. The molecule has 1 amide bonds. The van der Waals surface area contributed by atoms with Gasteiger partial charge in [0.1, 0.15) is 5.75 Å². The van der Waals surface area contributed by atoms with E-state index in [-0.39, 0.29) is 11.8 Å². The minimum Gasteiger partial charge on any atom is -0.497 e. The summed E-state index contributed by atoms with van der Waals surface area (Å²) < 4.78 is 5.21. The van der Waals surface area contributed by atoms with E-state index in [1.165, 1.54) is 16.7 Å². The van der Waals surface area contributed by atoms with Crippen LogP contribution in [0.15, 0.2) is 42.5 Å². The van der Waals surface area contributed by atoms with E-state index in [4.69, 9.17) is 4.74 Å². The van der Waals surface area contributed by atoms with Gasteiger partial charge in [0.25, 0.3) is 0 Å². The second kappa shape index (κ2) is 6.89. The molecule has 1 heterocycles. The van der Waals surface area contributed by atoms with Gasteiger partial charge in [0.15, 0.2) is 0 Å². The maximum Gasteiger partial charge on any atom is 0.227 e. The normalized spacial score (nSPS) is 16.5. The summed E-state index contributed by atoms with van der Waals surface area (Å²) in [6, 6.07) is 14.6. The molecule has 130 valence electrons. The Morgan fingerprint density at radius 3 is 2.60 bits per heavy atom. The van der Waals surface area contributed by atoms with Crippen LogP contribution in [-0.2, 0) is 24.3 Å². The Balaban J connectivity index is 1.33. The van der Waals surface area contributed by atoms with Crippen molar-refractivity contribution in [2.24, 2.45) is 5.92 Å². The summed E-state index contributed by atoms with van der Waals surface area (Å²) in [6.07, 6.45) is 3.11. The first-order chi connectivity index (χ1) is 12.2. The number of hydrogen-bond acceptors (Lipinski definition) is 3. The fourth-order valence-corrected chi connectivity index (χ4v) is 3.37. The predicted octanol–water partition coefficient (Wildman–Crippen LogP) is 3.60. The lowest BCUT2D eigenvalue weighted by atomic mass is 10.1. The minimum absolute atomic E-state index is 0.175. The summed E-state index contributed by atoms with van der Waals surface area (Å²) in [5, 5.41) is 3.05. The van der Waals surface area contributed by atoms with Gasteiger partial charge in [-0.05, 0) is 60.2 Å². The van der Waals surface area contributed by atoms with Crippen LogP contribution in [0.5, 0.6) is 5.75 Å². The van der Waals surface area contributed by atoms with Gasteiger partial charge in [0, 0.05) is 31.2 Å². The highest BCUT2D eigenvalue weighted by atomic mass is 16.5. The van der Waals surface area contributed by atoms with Crippen LogP contribution in [0.2, 0.25) is 0 Å². The van der Waals surface area contributed by atoms with E-state index in [2.05, 4.69) is 34.5 Å². The molecule has 2 aromatic rings. The lowest BCUT2D eigenvalue weighted by Gasteiger charge is -2.14. The third kappa shape index (κ3) is 3.85. The van der Waals surface area contributed by atoms with E-state index >= 15 is 0 Å². The lowest BCUT2D eigenvalue weighted by Crippen LogP contribution is -2.19. The zero-order valence-electron chi connectivity index (χ0n) is 14.6. The first kappa shape index (κ1) is 16.2. The molecule has 4 nitrogen and oxygen atoms in total. The van der Waals surface area contributed by atoms with E-state index in [0.29, 0.717) is 0 Å². The van der Waals surface area contributed by atoms with Crippen LogP contribution in [0, 0.1) is 5.92 Å². The maximum absolute atomic E-state index is 11.9. The molecule has 2 aliphatic rings. The van der Waals surface area contributed by atoms with Gasteiger partial charge < -0.3 is 10.1 Å². The minimum atomic E-state index is 0.175. The quantitative estimate of drug-likeness (QED) is 0.876. The van der Waals surface area contributed by atoms with Crippen LogP contribution in [0.1, 0.15) is 29.5 Å². The molecule has 0 bridgehead atoms. The Bertz CT molecular complexity index is 766. The number of carbonyl (C=O) groups excluding carboxylic acids is 1. The fourth-order valence-electron chi connectivity index (χ4n) is 3.37. The van der Waals surface area contributed by atoms with Gasteiger partial charge in [-0.15, -0.1) is 0 Å². The first-order valence-corrected chi connectivity index (χ1v) is 8.99. The molecule has 2 aromatic carbocycles. The number of anilines is 1. The molecule has 0 radical (unpaired) electrons. The number of carbonyl (C=O) groups is 1. The third-order valence-electron chi connectivity index (χ3n) is 5.09. The molecule has 1 N–H and O–H groups in total. The van der Waals surface area contributed by atoms with E-state index in [1.807, 2.05) is 18.2 Å². The standard InChI is InChI=1S/C21H24N2O2/c1-25-20-8-2-15(3-9-20)10-11-23-13-17-6-7-19(12-18(17)14-23)22-21(24)16-4-5-16/h2-3,6-9,12,16H,4-5,10-11,13-14H2,1H3,(H,22,24).